The molecule has 1 saturated heterocycles. The van der Waals surface area contributed by atoms with E-state index in [-0.39, 0.29) is 11.7 Å². The molecule has 0 bridgehead atoms. The highest BCUT2D eigenvalue weighted by Gasteiger charge is 2.38. The predicted molar refractivity (Wildman–Crippen MR) is 76.7 cm³/mol. The van der Waals surface area contributed by atoms with Gasteiger partial charge in [-0.2, -0.15) is 0 Å². The largest absolute Gasteiger partial charge is 0.353 e. The molecule has 1 amide bonds. The Kier molecular flexibility index (Phi) is 4.06. The van der Waals surface area contributed by atoms with Gasteiger partial charge in [0.2, 0.25) is 5.91 Å². The predicted octanol–water partition coefficient (Wildman–Crippen LogP) is 1.70. The van der Waals surface area contributed by atoms with Crippen LogP contribution in [0.4, 0.5) is 0 Å². The SMILES string of the molecule is CCc1ccc(C(=O)CN2CCNC(=O)C2(C)C)s1. The lowest BCUT2D eigenvalue weighted by molar-refractivity contribution is -0.134. The van der Waals surface area contributed by atoms with Gasteiger partial charge in [-0.05, 0) is 32.4 Å². The van der Waals surface area contributed by atoms with E-state index in [9.17, 15) is 9.59 Å². The summed E-state index contributed by atoms with van der Waals surface area (Å²) in [7, 11) is 0. The summed E-state index contributed by atoms with van der Waals surface area (Å²) in [5, 5.41) is 2.84. The standard InChI is InChI=1S/C14H20N2O2S/c1-4-10-5-6-12(19-10)11(17)9-16-8-7-15-13(18)14(16,2)3/h5-6H,4,7-9H2,1-3H3,(H,15,18). The number of nitrogens with zero attached hydrogens (tertiary/aromatic N) is 1. The van der Waals surface area contributed by atoms with E-state index in [4.69, 9.17) is 0 Å². The molecule has 1 fully saturated rings. The summed E-state index contributed by atoms with van der Waals surface area (Å²) in [6.07, 6.45) is 0.954. The average molecular weight is 280 g/mol. The average Bonchev–Trinajstić information content (AvgIpc) is 2.84. The smallest absolute Gasteiger partial charge is 0.240 e. The fraction of sp³-hybridized carbons (Fsp3) is 0.571. The van der Waals surface area contributed by atoms with E-state index >= 15 is 0 Å². The number of piperazine rings is 1. The molecule has 0 atom stereocenters. The number of Topliss-reactive ketones (excluding diaryl/α,β-unsaturated/α-hetero) is 1. The zero-order chi connectivity index (χ0) is 14.0. The van der Waals surface area contributed by atoms with Crippen molar-refractivity contribution in [2.75, 3.05) is 19.6 Å². The highest BCUT2D eigenvalue weighted by molar-refractivity contribution is 7.14. The third kappa shape index (κ3) is 2.87. The second-order valence-corrected chi connectivity index (χ2v) is 6.45. The van der Waals surface area contributed by atoms with Gasteiger partial charge in [0.15, 0.2) is 5.78 Å². The number of amides is 1. The van der Waals surface area contributed by atoms with Crippen molar-refractivity contribution in [1.29, 1.82) is 0 Å². The summed E-state index contributed by atoms with van der Waals surface area (Å²) in [5.74, 6) is 0.0967. The van der Waals surface area contributed by atoms with Crippen LogP contribution in [0.2, 0.25) is 0 Å². The molecule has 0 saturated carbocycles. The number of carbonyl (C=O) groups excluding carboxylic acids is 2. The van der Waals surface area contributed by atoms with Crippen LogP contribution in [0.5, 0.6) is 0 Å². The van der Waals surface area contributed by atoms with Crippen molar-refractivity contribution in [2.45, 2.75) is 32.7 Å². The molecule has 1 aromatic heterocycles. The fourth-order valence-electron chi connectivity index (χ4n) is 2.19. The number of hydrogen-bond acceptors (Lipinski definition) is 4. The molecule has 5 heteroatoms. The zero-order valence-electron chi connectivity index (χ0n) is 11.7. The topological polar surface area (TPSA) is 49.4 Å². The van der Waals surface area contributed by atoms with Gasteiger partial charge in [0.25, 0.3) is 0 Å². The lowest BCUT2D eigenvalue weighted by Gasteiger charge is -2.40. The summed E-state index contributed by atoms with van der Waals surface area (Å²) >= 11 is 1.55. The van der Waals surface area contributed by atoms with Crippen molar-refractivity contribution in [2.24, 2.45) is 0 Å². The van der Waals surface area contributed by atoms with E-state index in [0.29, 0.717) is 13.1 Å². The maximum atomic E-state index is 12.3. The Morgan fingerprint density at radius 1 is 1.47 bits per heavy atom. The molecule has 2 rings (SSSR count). The summed E-state index contributed by atoms with van der Waals surface area (Å²) < 4.78 is 0. The highest BCUT2D eigenvalue weighted by Crippen LogP contribution is 2.21. The molecular formula is C14H20N2O2S. The van der Waals surface area contributed by atoms with Crippen molar-refractivity contribution in [3.63, 3.8) is 0 Å². The Morgan fingerprint density at radius 3 is 2.84 bits per heavy atom. The van der Waals surface area contributed by atoms with Gasteiger partial charge in [0.05, 0.1) is 17.0 Å². The molecule has 0 radical (unpaired) electrons. The first kappa shape index (κ1) is 14.2. The number of hydrogen-bond donors (Lipinski definition) is 1. The van der Waals surface area contributed by atoms with E-state index in [1.54, 1.807) is 11.3 Å². The number of aryl methyl sites for hydroxylation is 1. The van der Waals surface area contributed by atoms with Crippen LogP contribution < -0.4 is 5.32 Å². The first-order chi connectivity index (χ1) is 8.95. The van der Waals surface area contributed by atoms with E-state index < -0.39 is 5.54 Å². The molecule has 4 nitrogen and oxygen atoms in total. The van der Waals surface area contributed by atoms with E-state index in [1.165, 1.54) is 4.88 Å². The maximum absolute atomic E-state index is 12.3. The molecule has 0 aliphatic carbocycles. The molecule has 1 aromatic rings. The van der Waals surface area contributed by atoms with E-state index in [0.717, 1.165) is 17.8 Å². The minimum atomic E-state index is -0.612. The van der Waals surface area contributed by atoms with Crippen molar-refractivity contribution in [3.8, 4) is 0 Å². The maximum Gasteiger partial charge on any atom is 0.240 e. The summed E-state index contributed by atoms with van der Waals surface area (Å²) in [6, 6.07) is 3.90. The molecule has 0 aromatic carbocycles. The van der Waals surface area contributed by atoms with Crippen LogP contribution in [0.1, 0.15) is 35.3 Å². The molecule has 2 heterocycles. The van der Waals surface area contributed by atoms with Crippen LogP contribution in [0, 0.1) is 0 Å². The molecule has 1 aliphatic rings. The van der Waals surface area contributed by atoms with E-state index in [1.807, 2.05) is 30.9 Å². The Balaban J connectivity index is 2.07. The summed E-state index contributed by atoms with van der Waals surface area (Å²) in [6.45, 7) is 7.44. The van der Waals surface area contributed by atoms with Crippen LogP contribution in [0.15, 0.2) is 12.1 Å². The number of thiophene rings is 1. The van der Waals surface area contributed by atoms with Crippen LogP contribution >= 0.6 is 11.3 Å². The first-order valence-electron chi connectivity index (χ1n) is 6.60. The van der Waals surface area contributed by atoms with Crippen molar-refractivity contribution < 1.29 is 9.59 Å². The third-order valence-corrected chi connectivity index (χ3v) is 4.90. The van der Waals surface area contributed by atoms with Crippen molar-refractivity contribution >= 4 is 23.0 Å². The van der Waals surface area contributed by atoms with E-state index in [2.05, 4.69) is 12.2 Å². The summed E-state index contributed by atoms with van der Waals surface area (Å²) in [5.41, 5.74) is -0.612. The Morgan fingerprint density at radius 2 is 2.21 bits per heavy atom. The number of carbonyl (C=O) groups is 2. The van der Waals surface area contributed by atoms with Gasteiger partial charge in [-0.15, -0.1) is 11.3 Å². The van der Waals surface area contributed by atoms with Gasteiger partial charge >= 0.3 is 0 Å². The van der Waals surface area contributed by atoms with Gasteiger partial charge in [-0.3, -0.25) is 14.5 Å². The molecular weight excluding hydrogens is 260 g/mol. The Bertz CT molecular complexity index is 493. The zero-order valence-corrected chi connectivity index (χ0v) is 12.5. The number of nitrogens with one attached hydrogen (secondary N) is 1. The molecule has 1 N–H and O–H groups in total. The van der Waals surface area contributed by atoms with Gasteiger partial charge in [0, 0.05) is 18.0 Å². The van der Waals surface area contributed by atoms with Crippen LogP contribution in [0.3, 0.4) is 0 Å². The molecule has 1 aliphatic heterocycles. The quantitative estimate of drug-likeness (QED) is 0.854. The van der Waals surface area contributed by atoms with Gasteiger partial charge in [0.1, 0.15) is 0 Å². The van der Waals surface area contributed by atoms with Gasteiger partial charge in [-0.25, -0.2) is 0 Å². The third-order valence-electron chi connectivity index (χ3n) is 3.63. The van der Waals surface area contributed by atoms with Gasteiger partial charge < -0.3 is 5.32 Å². The van der Waals surface area contributed by atoms with Gasteiger partial charge in [-0.1, -0.05) is 6.92 Å². The summed E-state index contributed by atoms with van der Waals surface area (Å²) in [4.78, 5) is 28.1. The minimum absolute atomic E-state index is 0.00743. The van der Waals surface area contributed by atoms with Crippen LogP contribution in [0.25, 0.3) is 0 Å². The number of ketones is 1. The van der Waals surface area contributed by atoms with Crippen molar-refractivity contribution in [1.82, 2.24) is 10.2 Å². The number of rotatable bonds is 4. The second-order valence-electron chi connectivity index (χ2n) is 5.28. The fourth-order valence-corrected chi connectivity index (χ4v) is 3.07. The van der Waals surface area contributed by atoms with Crippen LogP contribution in [-0.4, -0.2) is 41.8 Å². The monoisotopic (exact) mass is 280 g/mol. The molecule has 0 unspecified atom stereocenters. The molecule has 19 heavy (non-hydrogen) atoms. The normalized spacial score (nSPS) is 19.2. The Labute approximate surface area is 117 Å². The lowest BCUT2D eigenvalue weighted by atomic mass is 9.98. The Hall–Kier alpha value is -1.20. The van der Waals surface area contributed by atoms with Crippen molar-refractivity contribution in [3.05, 3.63) is 21.9 Å². The minimum Gasteiger partial charge on any atom is -0.353 e. The second kappa shape index (κ2) is 5.43. The molecule has 104 valence electrons. The lowest BCUT2D eigenvalue weighted by Crippen LogP contribution is -2.62. The highest BCUT2D eigenvalue weighted by atomic mass is 32.1. The molecule has 0 spiro atoms. The first-order valence-corrected chi connectivity index (χ1v) is 7.42. The van der Waals surface area contributed by atoms with Crippen LogP contribution in [-0.2, 0) is 11.2 Å².